The number of aromatic nitrogens is 1. The minimum atomic E-state index is -0.284. The van der Waals surface area contributed by atoms with E-state index in [9.17, 15) is 9.59 Å². The van der Waals surface area contributed by atoms with Crippen molar-refractivity contribution in [2.45, 2.75) is 26.3 Å². The van der Waals surface area contributed by atoms with E-state index >= 15 is 0 Å². The summed E-state index contributed by atoms with van der Waals surface area (Å²) >= 11 is 0. The van der Waals surface area contributed by atoms with Gasteiger partial charge in [0, 0.05) is 19.3 Å². The van der Waals surface area contributed by atoms with Gasteiger partial charge in [-0.25, -0.2) is 0 Å². The molecule has 0 saturated carbocycles. The lowest BCUT2D eigenvalue weighted by Crippen LogP contribution is -2.37. The second kappa shape index (κ2) is 8.91. The van der Waals surface area contributed by atoms with Crippen LogP contribution < -0.4 is 10.3 Å². The van der Waals surface area contributed by atoms with Gasteiger partial charge in [-0.15, -0.1) is 0 Å². The number of rotatable bonds is 8. The summed E-state index contributed by atoms with van der Waals surface area (Å²) in [6, 6.07) is 13.5. The lowest BCUT2D eigenvalue weighted by molar-refractivity contribution is -0.131. The minimum Gasteiger partial charge on any atom is -0.491 e. The van der Waals surface area contributed by atoms with Crippen molar-refractivity contribution >= 4 is 5.91 Å². The lowest BCUT2D eigenvalue weighted by atomic mass is 10.1. The number of hydrogen-bond donors (Lipinski definition) is 0. The van der Waals surface area contributed by atoms with E-state index in [1.807, 2.05) is 25.1 Å². The molecule has 0 aliphatic rings. The molecule has 1 heterocycles. The van der Waals surface area contributed by atoms with Crippen molar-refractivity contribution in [3.8, 4) is 5.75 Å². The average Bonchev–Trinajstić information content (AvgIpc) is 2.61. The Labute approximate surface area is 142 Å². The van der Waals surface area contributed by atoms with Gasteiger partial charge in [-0.05, 0) is 37.5 Å². The average molecular weight is 328 g/mol. The van der Waals surface area contributed by atoms with Crippen LogP contribution in [0.3, 0.4) is 0 Å². The number of amides is 1. The molecule has 0 fully saturated rings. The van der Waals surface area contributed by atoms with Crippen molar-refractivity contribution in [1.29, 1.82) is 0 Å². The third-order valence-corrected chi connectivity index (χ3v) is 3.98. The van der Waals surface area contributed by atoms with Gasteiger partial charge >= 0.3 is 0 Å². The summed E-state index contributed by atoms with van der Waals surface area (Å²) in [5.41, 5.74) is 0.985. The number of pyridine rings is 1. The van der Waals surface area contributed by atoms with E-state index in [0.29, 0.717) is 13.1 Å². The molecule has 1 aromatic heterocycles. The van der Waals surface area contributed by atoms with Gasteiger partial charge in [0.1, 0.15) is 6.54 Å². The molecule has 0 bridgehead atoms. The van der Waals surface area contributed by atoms with Crippen molar-refractivity contribution < 1.29 is 9.53 Å². The van der Waals surface area contributed by atoms with Gasteiger partial charge in [-0.3, -0.25) is 9.59 Å². The predicted octanol–water partition coefficient (Wildman–Crippen LogP) is 2.34. The molecule has 128 valence electrons. The highest BCUT2D eigenvalue weighted by atomic mass is 16.5. The fraction of sp³-hybridized carbons (Fsp3) is 0.368. The Morgan fingerprint density at radius 2 is 1.92 bits per heavy atom. The molecule has 5 heteroatoms. The zero-order valence-corrected chi connectivity index (χ0v) is 14.3. The molecule has 0 unspecified atom stereocenters. The summed E-state index contributed by atoms with van der Waals surface area (Å²) in [6.07, 6.45) is 3.45. The number of ether oxygens (including phenoxy) is 1. The first-order valence-corrected chi connectivity index (χ1v) is 8.20. The van der Waals surface area contributed by atoms with Gasteiger partial charge in [-0.2, -0.15) is 0 Å². The highest BCUT2D eigenvalue weighted by Gasteiger charge is 2.13. The van der Waals surface area contributed by atoms with Crippen LogP contribution in [0.2, 0.25) is 0 Å². The van der Waals surface area contributed by atoms with Crippen molar-refractivity contribution in [3.05, 3.63) is 64.6 Å². The molecule has 0 radical (unpaired) electrons. The van der Waals surface area contributed by atoms with Gasteiger partial charge < -0.3 is 14.2 Å². The summed E-state index contributed by atoms with van der Waals surface area (Å²) < 4.78 is 6.40. The first-order valence-electron chi connectivity index (χ1n) is 8.20. The lowest BCUT2D eigenvalue weighted by Gasteiger charge is -2.21. The van der Waals surface area contributed by atoms with Gasteiger partial charge in [0.15, 0.2) is 5.75 Å². The minimum absolute atomic E-state index is 0.0369. The number of methoxy groups -OCH3 is 1. The van der Waals surface area contributed by atoms with E-state index in [-0.39, 0.29) is 23.8 Å². The van der Waals surface area contributed by atoms with E-state index in [0.717, 1.165) is 12.8 Å². The number of carbonyl (C=O) groups is 1. The number of likely N-dealkylation sites (N-methyl/N-ethyl adjacent to an activating group) is 1. The smallest absolute Gasteiger partial charge is 0.293 e. The van der Waals surface area contributed by atoms with Gasteiger partial charge in [0.25, 0.3) is 5.56 Å². The molecule has 24 heavy (non-hydrogen) atoms. The van der Waals surface area contributed by atoms with Crippen LogP contribution >= 0.6 is 0 Å². The topological polar surface area (TPSA) is 51.5 Å². The molecule has 5 nitrogen and oxygen atoms in total. The number of hydrogen-bond acceptors (Lipinski definition) is 3. The summed E-state index contributed by atoms with van der Waals surface area (Å²) in [6.45, 7) is 3.30. The molecule has 0 spiro atoms. The molecular formula is C19H24N2O3. The standard InChI is InChI=1S/C19H24N2O3/c1-3-20(13-7-11-16-9-5-4-6-10-16)18(22)15-21-14-8-12-17(24-2)19(21)23/h4-6,8-10,12,14H,3,7,11,13,15H2,1-2H3. The van der Waals surface area contributed by atoms with Crippen molar-refractivity contribution in [1.82, 2.24) is 9.47 Å². The SMILES string of the molecule is CCN(CCCc1ccccc1)C(=O)Cn1cccc(OC)c1=O. The van der Waals surface area contributed by atoms with Crippen LogP contribution in [0.5, 0.6) is 5.75 Å². The van der Waals surface area contributed by atoms with Crippen molar-refractivity contribution in [2.75, 3.05) is 20.2 Å². The molecular weight excluding hydrogens is 304 g/mol. The van der Waals surface area contributed by atoms with Crippen LogP contribution in [0.4, 0.5) is 0 Å². The molecule has 2 rings (SSSR count). The summed E-state index contributed by atoms with van der Waals surface area (Å²) in [5.74, 6) is 0.193. The molecule has 0 atom stereocenters. The third kappa shape index (κ3) is 4.72. The number of benzene rings is 1. The van der Waals surface area contributed by atoms with Gasteiger partial charge in [0.05, 0.1) is 7.11 Å². The largest absolute Gasteiger partial charge is 0.491 e. The molecule has 0 aliphatic heterocycles. The second-order valence-corrected chi connectivity index (χ2v) is 5.57. The van der Waals surface area contributed by atoms with Gasteiger partial charge in [0.2, 0.25) is 5.91 Å². The zero-order chi connectivity index (χ0) is 17.4. The monoisotopic (exact) mass is 328 g/mol. The Balaban J connectivity index is 1.93. The Morgan fingerprint density at radius 1 is 1.17 bits per heavy atom. The van der Waals surface area contributed by atoms with E-state index in [2.05, 4.69) is 12.1 Å². The van der Waals surface area contributed by atoms with Crippen molar-refractivity contribution in [2.24, 2.45) is 0 Å². The molecule has 1 amide bonds. The molecule has 0 aliphatic carbocycles. The fourth-order valence-electron chi connectivity index (χ4n) is 2.62. The second-order valence-electron chi connectivity index (χ2n) is 5.57. The number of nitrogens with zero attached hydrogens (tertiary/aromatic N) is 2. The van der Waals surface area contributed by atoms with E-state index in [1.165, 1.54) is 17.2 Å². The van der Waals surface area contributed by atoms with E-state index < -0.39 is 0 Å². The molecule has 1 aromatic carbocycles. The highest BCUT2D eigenvalue weighted by Crippen LogP contribution is 2.05. The maximum absolute atomic E-state index is 12.5. The Kier molecular flexibility index (Phi) is 6.61. The molecule has 2 aromatic rings. The maximum Gasteiger partial charge on any atom is 0.293 e. The van der Waals surface area contributed by atoms with Crippen LogP contribution in [0, 0.1) is 0 Å². The Bertz CT molecular complexity index is 710. The zero-order valence-electron chi connectivity index (χ0n) is 14.3. The molecule has 0 saturated heterocycles. The van der Waals surface area contributed by atoms with Crippen molar-refractivity contribution in [3.63, 3.8) is 0 Å². The van der Waals surface area contributed by atoms with Crippen LogP contribution in [0.25, 0.3) is 0 Å². The van der Waals surface area contributed by atoms with E-state index in [4.69, 9.17) is 4.74 Å². The summed E-state index contributed by atoms with van der Waals surface area (Å²) in [7, 11) is 1.45. The highest BCUT2D eigenvalue weighted by molar-refractivity contribution is 5.76. The maximum atomic E-state index is 12.5. The van der Waals surface area contributed by atoms with Crippen LogP contribution in [-0.4, -0.2) is 35.6 Å². The normalized spacial score (nSPS) is 10.4. The molecule has 0 N–H and O–H groups in total. The fourth-order valence-corrected chi connectivity index (χ4v) is 2.62. The number of aryl methyl sites for hydroxylation is 1. The Morgan fingerprint density at radius 3 is 2.58 bits per heavy atom. The predicted molar refractivity (Wildman–Crippen MR) is 94.3 cm³/mol. The number of carbonyl (C=O) groups excluding carboxylic acids is 1. The Hall–Kier alpha value is -2.56. The van der Waals surface area contributed by atoms with Gasteiger partial charge in [-0.1, -0.05) is 30.3 Å². The van der Waals surface area contributed by atoms with Crippen LogP contribution in [-0.2, 0) is 17.8 Å². The first kappa shape index (κ1) is 17.8. The van der Waals surface area contributed by atoms with Crippen LogP contribution in [0.15, 0.2) is 53.5 Å². The van der Waals surface area contributed by atoms with Crippen LogP contribution in [0.1, 0.15) is 18.9 Å². The third-order valence-electron chi connectivity index (χ3n) is 3.98. The summed E-state index contributed by atoms with van der Waals surface area (Å²) in [4.78, 5) is 26.4. The first-order chi connectivity index (χ1) is 11.7. The quantitative estimate of drug-likeness (QED) is 0.747. The van der Waals surface area contributed by atoms with E-state index in [1.54, 1.807) is 23.2 Å². The summed E-state index contributed by atoms with van der Waals surface area (Å²) in [5, 5.41) is 0.